The van der Waals surface area contributed by atoms with Crippen molar-refractivity contribution in [2.45, 2.75) is 56.6 Å². The number of halogens is 3. The quantitative estimate of drug-likeness (QED) is 0.376. The third-order valence-electron chi connectivity index (χ3n) is 5.69. The average molecular weight is 578 g/mol. The number of carbonyl (C=O) groups is 4. The van der Waals surface area contributed by atoms with E-state index < -0.39 is 69.7 Å². The van der Waals surface area contributed by atoms with Crippen molar-refractivity contribution < 1.29 is 37.2 Å². The summed E-state index contributed by atoms with van der Waals surface area (Å²) in [5.74, 6) is -6.93. The van der Waals surface area contributed by atoms with Gasteiger partial charge in [0, 0.05) is 40.7 Å². The first-order valence-corrected chi connectivity index (χ1v) is 12.8. The molecule has 1 aromatic rings. The standard InChI is InChI=1S/C22H26BrF2N3O6S/c1-22(2,3)35(33)27-17(13-5-4-11(23)10-14(13)24)16(25)18(29)15-19(30)26-21(32)28(20(15)31)12-6-8-34-9-7-12/h4-5,10,12,15-17,27H,6-9H2,1-3H3,(H,26,30,32)/t15?,16-,17+,35-/m1/s1. The Balaban J connectivity index is 1.94. The summed E-state index contributed by atoms with van der Waals surface area (Å²) in [5.41, 5.74) is -0.312. The molecular formula is C22H26BrF2N3O6S. The van der Waals surface area contributed by atoms with E-state index in [4.69, 9.17) is 4.74 Å². The molecule has 2 saturated heterocycles. The summed E-state index contributed by atoms with van der Waals surface area (Å²) in [6.45, 7) is 5.32. The summed E-state index contributed by atoms with van der Waals surface area (Å²) in [4.78, 5) is 51.9. The number of rotatable bonds is 7. The number of amides is 4. The predicted molar refractivity (Wildman–Crippen MR) is 125 cm³/mol. The highest BCUT2D eigenvalue weighted by Crippen LogP contribution is 2.31. The van der Waals surface area contributed by atoms with Crippen LogP contribution in [0, 0.1) is 11.7 Å². The molecule has 4 atom stereocenters. The Morgan fingerprint density at radius 3 is 2.49 bits per heavy atom. The molecule has 13 heteroatoms. The number of nitrogens with one attached hydrogen (secondary N) is 2. The molecule has 2 N–H and O–H groups in total. The zero-order chi connectivity index (χ0) is 26.1. The van der Waals surface area contributed by atoms with Crippen molar-refractivity contribution in [2.75, 3.05) is 13.2 Å². The van der Waals surface area contributed by atoms with Gasteiger partial charge in [0.25, 0.3) is 5.91 Å². The molecule has 0 radical (unpaired) electrons. The molecule has 35 heavy (non-hydrogen) atoms. The topological polar surface area (TPSA) is 128 Å². The van der Waals surface area contributed by atoms with Gasteiger partial charge < -0.3 is 9.29 Å². The van der Waals surface area contributed by atoms with Gasteiger partial charge >= 0.3 is 6.03 Å². The first kappa shape index (κ1) is 27.7. The van der Waals surface area contributed by atoms with E-state index in [1.165, 1.54) is 12.1 Å². The van der Waals surface area contributed by atoms with Crippen LogP contribution in [0.4, 0.5) is 13.6 Å². The normalized spacial score (nSPS) is 22.5. The molecule has 2 heterocycles. The molecule has 1 unspecified atom stereocenters. The number of Topliss-reactive ketones (excluding diaryl/α,β-unsaturated/α-hetero) is 1. The van der Waals surface area contributed by atoms with Gasteiger partial charge in [0.15, 0.2) is 17.9 Å². The number of hydrogen-bond acceptors (Lipinski definition) is 7. The highest BCUT2D eigenvalue weighted by molar-refractivity contribution is 9.10. The van der Waals surface area contributed by atoms with E-state index in [1.54, 1.807) is 20.8 Å². The molecule has 0 aliphatic carbocycles. The molecule has 9 nitrogen and oxygen atoms in total. The van der Waals surface area contributed by atoms with Gasteiger partial charge in [-0.25, -0.2) is 13.6 Å². The van der Waals surface area contributed by atoms with Crippen LogP contribution in [0.25, 0.3) is 0 Å². The Morgan fingerprint density at radius 1 is 1.29 bits per heavy atom. The molecule has 4 amide bonds. The fraction of sp³-hybridized carbons (Fsp3) is 0.545. The predicted octanol–water partition coefficient (Wildman–Crippen LogP) is 2.46. The minimum Gasteiger partial charge on any atom is -0.598 e. The minimum atomic E-state index is -2.64. The van der Waals surface area contributed by atoms with Crippen molar-refractivity contribution in [3.8, 4) is 0 Å². The van der Waals surface area contributed by atoms with Gasteiger partial charge in [-0.2, -0.15) is 0 Å². The van der Waals surface area contributed by atoms with E-state index >= 15 is 4.39 Å². The number of alkyl halides is 1. The second kappa shape index (κ2) is 11.0. The molecule has 0 aromatic heterocycles. The number of nitrogens with zero attached hydrogens (tertiary/aromatic N) is 1. The van der Waals surface area contributed by atoms with Crippen LogP contribution in [-0.2, 0) is 30.5 Å². The Morgan fingerprint density at radius 2 is 1.91 bits per heavy atom. The van der Waals surface area contributed by atoms with Crippen LogP contribution in [0.5, 0.6) is 0 Å². The number of carbonyl (C=O) groups excluding carboxylic acids is 4. The van der Waals surface area contributed by atoms with Crippen molar-refractivity contribution in [3.63, 3.8) is 0 Å². The number of ether oxygens (including phenoxy) is 1. The lowest BCUT2D eigenvalue weighted by atomic mass is 9.89. The van der Waals surface area contributed by atoms with E-state index in [9.17, 15) is 28.1 Å². The highest BCUT2D eigenvalue weighted by Gasteiger charge is 2.51. The van der Waals surface area contributed by atoms with Gasteiger partial charge in [0.1, 0.15) is 16.6 Å². The Labute approximate surface area is 212 Å². The van der Waals surface area contributed by atoms with Crippen LogP contribution < -0.4 is 10.0 Å². The van der Waals surface area contributed by atoms with E-state index in [1.807, 2.05) is 5.32 Å². The summed E-state index contributed by atoms with van der Waals surface area (Å²) in [6, 6.07) is 0.278. The van der Waals surface area contributed by atoms with E-state index in [0.717, 1.165) is 11.0 Å². The molecule has 1 aromatic carbocycles. The van der Waals surface area contributed by atoms with Gasteiger partial charge in [-0.15, -0.1) is 4.72 Å². The molecule has 0 spiro atoms. The van der Waals surface area contributed by atoms with Gasteiger partial charge in [0.05, 0.1) is 0 Å². The number of urea groups is 1. The van der Waals surface area contributed by atoms with E-state index in [-0.39, 0.29) is 18.8 Å². The Bertz CT molecular complexity index is 1020. The lowest BCUT2D eigenvalue weighted by Crippen LogP contribution is -2.64. The molecule has 2 aliphatic heterocycles. The molecule has 192 valence electrons. The second-order valence-corrected chi connectivity index (χ2v) is 12.1. The molecular weight excluding hydrogens is 552 g/mol. The molecule has 2 aliphatic rings. The fourth-order valence-corrected chi connectivity index (χ4v) is 4.94. The first-order chi connectivity index (χ1) is 16.3. The van der Waals surface area contributed by atoms with Crippen LogP contribution in [-0.4, -0.2) is 63.3 Å². The van der Waals surface area contributed by atoms with Crippen LogP contribution >= 0.6 is 15.9 Å². The number of ketones is 1. The number of imide groups is 2. The van der Waals surface area contributed by atoms with Crippen LogP contribution in [0.15, 0.2) is 22.7 Å². The highest BCUT2D eigenvalue weighted by atomic mass is 79.9. The molecule has 0 saturated carbocycles. The molecule has 0 bridgehead atoms. The minimum absolute atomic E-state index is 0.271. The van der Waals surface area contributed by atoms with Crippen molar-refractivity contribution in [3.05, 3.63) is 34.1 Å². The first-order valence-electron chi connectivity index (χ1n) is 10.9. The van der Waals surface area contributed by atoms with Crippen molar-refractivity contribution in [1.29, 1.82) is 0 Å². The third-order valence-corrected chi connectivity index (χ3v) is 7.76. The zero-order valence-electron chi connectivity index (χ0n) is 19.3. The molecule has 3 rings (SSSR count). The Kier molecular flexibility index (Phi) is 8.69. The number of barbiturate groups is 1. The fourth-order valence-electron chi connectivity index (χ4n) is 3.78. The lowest BCUT2D eigenvalue weighted by molar-refractivity contribution is -0.151. The maximum absolute atomic E-state index is 15.8. The van der Waals surface area contributed by atoms with Crippen LogP contribution in [0.3, 0.4) is 0 Å². The summed E-state index contributed by atoms with van der Waals surface area (Å²) in [6.07, 6.45) is -2.04. The summed E-state index contributed by atoms with van der Waals surface area (Å²) in [5, 5.41) is 1.94. The summed E-state index contributed by atoms with van der Waals surface area (Å²) >= 11 is 1.16. The van der Waals surface area contributed by atoms with E-state index in [2.05, 4.69) is 20.7 Å². The van der Waals surface area contributed by atoms with Gasteiger partial charge in [0.2, 0.25) is 5.91 Å². The van der Waals surface area contributed by atoms with E-state index in [0.29, 0.717) is 17.3 Å². The smallest absolute Gasteiger partial charge is 0.331 e. The summed E-state index contributed by atoms with van der Waals surface area (Å²) in [7, 11) is 0. The third kappa shape index (κ3) is 6.08. The largest absolute Gasteiger partial charge is 0.598 e. The van der Waals surface area contributed by atoms with Crippen LogP contribution in [0.2, 0.25) is 0 Å². The number of hydrogen-bond donors (Lipinski definition) is 2. The lowest BCUT2D eigenvalue weighted by Gasteiger charge is -2.37. The Hall–Kier alpha value is -1.93. The SMILES string of the molecule is CC(C)(C)[S@@+]([O-])N[C@@H](c1ccc(Br)cc1F)[C@@H](F)C(=O)C1C(=O)NC(=O)N(C2CCOCC2)C1=O. The van der Waals surface area contributed by atoms with Gasteiger partial charge in [-0.1, -0.05) is 22.0 Å². The molecule has 2 fully saturated rings. The van der Waals surface area contributed by atoms with Crippen LogP contribution in [0.1, 0.15) is 45.2 Å². The van der Waals surface area contributed by atoms with Gasteiger partial charge in [-0.05, 0) is 45.7 Å². The zero-order valence-corrected chi connectivity index (χ0v) is 21.7. The van der Waals surface area contributed by atoms with Crippen molar-refractivity contribution >= 4 is 50.9 Å². The number of benzene rings is 1. The van der Waals surface area contributed by atoms with Crippen molar-refractivity contribution in [1.82, 2.24) is 14.9 Å². The average Bonchev–Trinajstić information content (AvgIpc) is 2.77. The summed E-state index contributed by atoms with van der Waals surface area (Å²) < 4.78 is 50.4. The maximum Gasteiger partial charge on any atom is 0.331 e. The second-order valence-electron chi connectivity index (χ2n) is 9.23. The van der Waals surface area contributed by atoms with Crippen molar-refractivity contribution in [2.24, 2.45) is 5.92 Å². The van der Waals surface area contributed by atoms with Gasteiger partial charge in [-0.3, -0.25) is 24.6 Å². The monoisotopic (exact) mass is 577 g/mol. The maximum atomic E-state index is 15.8.